The van der Waals surface area contributed by atoms with Crippen molar-refractivity contribution in [3.05, 3.63) is 57.9 Å². The van der Waals surface area contributed by atoms with Gasteiger partial charge in [-0.1, -0.05) is 37.6 Å². The molecule has 2 rings (SSSR count). The van der Waals surface area contributed by atoms with Gasteiger partial charge in [0.05, 0.1) is 18.6 Å². The highest BCUT2D eigenvalue weighted by Crippen LogP contribution is 2.40. The Kier molecular flexibility index (Phi) is 7.25. The van der Waals surface area contributed by atoms with Gasteiger partial charge in [-0.25, -0.2) is 4.79 Å². The first kappa shape index (κ1) is 22.7. The largest absolute Gasteiger partial charge is 0.466 e. The Morgan fingerprint density at radius 1 is 1.17 bits per heavy atom. The number of benzene rings is 1. The minimum atomic E-state index is -0.543. The first-order valence-electron chi connectivity index (χ1n) is 10.0. The van der Waals surface area contributed by atoms with Crippen molar-refractivity contribution >= 4 is 11.9 Å². The Bertz CT molecular complexity index is 847. The van der Waals surface area contributed by atoms with Crippen LogP contribution in [0.3, 0.4) is 0 Å². The lowest BCUT2D eigenvalue weighted by Gasteiger charge is -2.32. The number of nitrogens with two attached hydrogens (primary N) is 1. The van der Waals surface area contributed by atoms with Crippen molar-refractivity contribution in [3.8, 4) is 0 Å². The van der Waals surface area contributed by atoms with E-state index >= 15 is 0 Å². The number of nitrogens with one attached hydrogen (secondary N) is 2. The van der Waals surface area contributed by atoms with Crippen molar-refractivity contribution in [2.45, 2.75) is 58.9 Å². The molecule has 0 radical (unpaired) electrons. The quantitative estimate of drug-likeness (QED) is 0.613. The highest BCUT2D eigenvalue weighted by atomic mass is 16.5. The first-order valence-corrected chi connectivity index (χ1v) is 10.0. The molecule has 1 unspecified atom stereocenters. The highest BCUT2D eigenvalue weighted by Gasteiger charge is 2.38. The van der Waals surface area contributed by atoms with Crippen LogP contribution in [0, 0.1) is 0 Å². The second-order valence-electron chi connectivity index (χ2n) is 8.25. The average Bonchev–Trinajstić information content (AvgIpc) is 2.65. The average molecular weight is 400 g/mol. The normalized spacial score (nSPS) is 17.1. The van der Waals surface area contributed by atoms with E-state index in [1.54, 1.807) is 0 Å². The smallest absolute Gasteiger partial charge is 0.336 e. The molecule has 1 aliphatic heterocycles. The van der Waals surface area contributed by atoms with Crippen molar-refractivity contribution < 1.29 is 14.3 Å². The molecule has 29 heavy (non-hydrogen) atoms. The number of hydrogen-bond acceptors (Lipinski definition) is 5. The molecule has 1 heterocycles. The molecule has 0 bridgehead atoms. The van der Waals surface area contributed by atoms with Crippen molar-refractivity contribution in [1.82, 2.24) is 10.6 Å². The predicted octanol–water partition coefficient (Wildman–Crippen LogP) is 2.90. The van der Waals surface area contributed by atoms with Gasteiger partial charge in [0.2, 0.25) is 5.91 Å². The van der Waals surface area contributed by atoms with E-state index < -0.39 is 17.4 Å². The lowest BCUT2D eigenvalue weighted by molar-refractivity contribution is -0.136. The number of dihydropyridines is 1. The molecule has 0 aliphatic carbocycles. The van der Waals surface area contributed by atoms with Crippen molar-refractivity contribution in [3.63, 3.8) is 0 Å². The molecule has 0 spiro atoms. The molecule has 1 amide bonds. The van der Waals surface area contributed by atoms with E-state index in [1.165, 1.54) is 7.11 Å². The van der Waals surface area contributed by atoms with Gasteiger partial charge in [-0.15, -0.1) is 0 Å². The highest BCUT2D eigenvalue weighted by molar-refractivity contribution is 6.02. The van der Waals surface area contributed by atoms with Gasteiger partial charge in [-0.05, 0) is 45.2 Å². The van der Waals surface area contributed by atoms with Crippen LogP contribution in [-0.4, -0.2) is 31.1 Å². The van der Waals surface area contributed by atoms with E-state index in [2.05, 4.69) is 23.6 Å². The van der Waals surface area contributed by atoms with Gasteiger partial charge >= 0.3 is 5.97 Å². The summed E-state index contributed by atoms with van der Waals surface area (Å²) in [6.07, 6.45) is 1.82. The molecule has 1 aromatic carbocycles. The lowest BCUT2D eigenvalue weighted by Crippen LogP contribution is -2.46. The zero-order valence-electron chi connectivity index (χ0n) is 18.3. The summed E-state index contributed by atoms with van der Waals surface area (Å²) >= 11 is 0. The van der Waals surface area contributed by atoms with Crippen LogP contribution in [0.1, 0.15) is 58.1 Å². The van der Waals surface area contributed by atoms with Gasteiger partial charge in [0.1, 0.15) is 0 Å². The zero-order chi connectivity index (χ0) is 21.8. The van der Waals surface area contributed by atoms with Crippen LogP contribution in [0.4, 0.5) is 0 Å². The summed E-state index contributed by atoms with van der Waals surface area (Å²) < 4.78 is 5.08. The molecule has 158 valence electrons. The molecule has 1 aliphatic rings. The van der Waals surface area contributed by atoms with Crippen molar-refractivity contribution in [1.29, 1.82) is 0 Å². The van der Waals surface area contributed by atoms with E-state index in [0.29, 0.717) is 23.4 Å². The Balaban J connectivity index is 2.63. The number of carbonyl (C=O) groups excluding carboxylic acids is 2. The molecule has 0 fully saturated rings. The van der Waals surface area contributed by atoms with Crippen LogP contribution in [-0.2, 0) is 20.7 Å². The van der Waals surface area contributed by atoms with Gasteiger partial charge in [-0.2, -0.15) is 0 Å². The van der Waals surface area contributed by atoms with E-state index in [-0.39, 0.29) is 5.91 Å². The van der Waals surface area contributed by atoms with E-state index in [9.17, 15) is 9.59 Å². The number of hydrogen-bond donors (Lipinski definition) is 3. The number of methoxy groups -OCH3 is 1. The molecule has 6 heteroatoms. The SMILES string of the molecule is CCCc1ccccc1C1C(C(=O)NCC(C)(C)N)=C(C)NC(C)=C1C(=O)OC. The van der Waals surface area contributed by atoms with Gasteiger partial charge < -0.3 is 21.1 Å². The zero-order valence-corrected chi connectivity index (χ0v) is 18.3. The third kappa shape index (κ3) is 5.26. The molecule has 0 aromatic heterocycles. The number of esters is 1. The summed E-state index contributed by atoms with van der Waals surface area (Å²) in [6, 6.07) is 7.97. The Labute approximate surface area is 173 Å². The van der Waals surface area contributed by atoms with Crippen LogP contribution in [0.5, 0.6) is 0 Å². The van der Waals surface area contributed by atoms with E-state index in [4.69, 9.17) is 10.5 Å². The summed E-state index contributed by atoms with van der Waals surface area (Å²) in [6.45, 7) is 9.83. The maximum atomic E-state index is 13.2. The number of aryl methyl sites for hydroxylation is 1. The van der Waals surface area contributed by atoms with Crippen LogP contribution < -0.4 is 16.4 Å². The number of carbonyl (C=O) groups is 2. The summed E-state index contributed by atoms with van der Waals surface area (Å²) in [7, 11) is 1.36. The van der Waals surface area contributed by atoms with Crippen molar-refractivity contribution in [2.24, 2.45) is 5.73 Å². The van der Waals surface area contributed by atoms with E-state index in [1.807, 2.05) is 45.9 Å². The van der Waals surface area contributed by atoms with Gasteiger partial charge in [0.25, 0.3) is 0 Å². The maximum Gasteiger partial charge on any atom is 0.336 e. The number of amides is 1. The second kappa shape index (κ2) is 9.27. The molecule has 1 atom stereocenters. The molecule has 6 nitrogen and oxygen atoms in total. The fourth-order valence-electron chi connectivity index (χ4n) is 3.70. The Hall–Kier alpha value is -2.60. The van der Waals surface area contributed by atoms with Crippen molar-refractivity contribution in [2.75, 3.05) is 13.7 Å². The van der Waals surface area contributed by atoms with E-state index in [0.717, 1.165) is 29.7 Å². The number of ether oxygens (including phenoxy) is 1. The monoisotopic (exact) mass is 399 g/mol. The third-order valence-corrected chi connectivity index (χ3v) is 5.00. The number of rotatable bonds is 7. The lowest BCUT2D eigenvalue weighted by atomic mass is 9.77. The van der Waals surface area contributed by atoms with Crippen LogP contribution >= 0.6 is 0 Å². The maximum absolute atomic E-state index is 13.2. The molecule has 0 saturated heterocycles. The predicted molar refractivity (Wildman–Crippen MR) is 115 cm³/mol. The molecule has 0 saturated carbocycles. The topological polar surface area (TPSA) is 93.5 Å². The first-order chi connectivity index (χ1) is 13.6. The minimum absolute atomic E-state index is 0.237. The Morgan fingerprint density at radius 2 is 1.79 bits per heavy atom. The van der Waals surface area contributed by atoms with Crippen LogP contribution in [0.25, 0.3) is 0 Å². The molecule has 1 aromatic rings. The van der Waals surface area contributed by atoms with Crippen LogP contribution in [0.15, 0.2) is 46.8 Å². The molecular weight excluding hydrogens is 366 g/mol. The standard InChI is InChI=1S/C23H33N3O3/c1-7-10-16-11-8-9-12-17(16)20-18(21(27)25-13-23(4,5)24)14(2)26-15(3)19(20)22(28)29-6/h8-9,11-12,20,26H,7,10,13,24H2,1-6H3,(H,25,27). The fourth-order valence-corrected chi connectivity index (χ4v) is 3.70. The molecule has 4 N–H and O–H groups in total. The third-order valence-electron chi connectivity index (χ3n) is 5.00. The fraction of sp³-hybridized carbons (Fsp3) is 0.478. The van der Waals surface area contributed by atoms with Gasteiger partial charge in [0.15, 0.2) is 0 Å². The van der Waals surface area contributed by atoms with Gasteiger partial charge in [-0.3, -0.25) is 4.79 Å². The number of allylic oxidation sites excluding steroid dienone is 2. The molecular formula is C23H33N3O3. The Morgan fingerprint density at radius 3 is 2.38 bits per heavy atom. The summed E-state index contributed by atoms with van der Waals surface area (Å²) in [5, 5.41) is 6.12. The minimum Gasteiger partial charge on any atom is -0.466 e. The van der Waals surface area contributed by atoms with Crippen LogP contribution in [0.2, 0.25) is 0 Å². The summed E-state index contributed by atoms with van der Waals surface area (Å²) in [5.41, 5.74) is 9.97. The second-order valence-corrected chi connectivity index (χ2v) is 8.25. The summed E-state index contributed by atoms with van der Waals surface area (Å²) in [5.74, 6) is -1.19. The van der Waals surface area contributed by atoms with Gasteiger partial charge in [0, 0.05) is 29.1 Å². The summed E-state index contributed by atoms with van der Waals surface area (Å²) in [4.78, 5) is 26.0.